The Labute approximate surface area is 110 Å². The number of barbiturate groups is 1. The highest BCUT2D eigenvalue weighted by Crippen LogP contribution is 2.25. The van der Waals surface area contributed by atoms with Crippen molar-refractivity contribution in [3.8, 4) is 0 Å². The van der Waals surface area contributed by atoms with E-state index in [9.17, 15) is 14.4 Å². The van der Waals surface area contributed by atoms with E-state index >= 15 is 0 Å². The van der Waals surface area contributed by atoms with Crippen molar-refractivity contribution in [3.63, 3.8) is 0 Å². The minimum Gasteiger partial charge on any atom is -0.277 e. The molecule has 1 aliphatic rings. The Hall–Kier alpha value is -2.43. The van der Waals surface area contributed by atoms with Gasteiger partial charge in [0.05, 0.1) is 0 Å². The first kappa shape index (κ1) is 13.0. The first-order valence-corrected chi connectivity index (χ1v) is 5.84. The molecule has 0 saturated carbocycles. The quantitative estimate of drug-likeness (QED) is 0.801. The molecule has 5 nitrogen and oxygen atoms in total. The standard InChI is InChI=1S/C14H14N2O3/c1-3-9-4-6-10(7-5-9)8-14(2)11(17)15-13(19)16-12(14)18/h3-7H,1,8H2,2H3,(H2,15,16,17,18,19). The van der Waals surface area contributed by atoms with Crippen LogP contribution < -0.4 is 10.6 Å². The number of carbonyl (C=O) groups excluding carboxylic acids is 3. The van der Waals surface area contributed by atoms with Gasteiger partial charge < -0.3 is 0 Å². The van der Waals surface area contributed by atoms with E-state index in [1.807, 2.05) is 24.3 Å². The molecular weight excluding hydrogens is 244 g/mol. The summed E-state index contributed by atoms with van der Waals surface area (Å²) in [4.78, 5) is 34.7. The Bertz CT molecular complexity index is 541. The molecule has 5 heteroatoms. The van der Waals surface area contributed by atoms with E-state index in [0.29, 0.717) is 0 Å². The van der Waals surface area contributed by atoms with Crippen LogP contribution in [-0.2, 0) is 16.0 Å². The molecule has 1 aromatic rings. The Kier molecular flexibility index (Phi) is 3.21. The highest BCUT2D eigenvalue weighted by molar-refractivity contribution is 6.19. The molecule has 1 heterocycles. The summed E-state index contributed by atoms with van der Waals surface area (Å²) in [5, 5.41) is 4.23. The third-order valence-electron chi connectivity index (χ3n) is 3.23. The van der Waals surface area contributed by atoms with Crippen molar-refractivity contribution in [2.75, 3.05) is 0 Å². The van der Waals surface area contributed by atoms with E-state index in [1.54, 1.807) is 6.08 Å². The van der Waals surface area contributed by atoms with E-state index in [4.69, 9.17) is 0 Å². The molecule has 1 fully saturated rings. The van der Waals surface area contributed by atoms with Gasteiger partial charge >= 0.3 is 6.03 Å². The smallest absolute Gasteiger partial charge is 0.277 e. The van der Waals surface area contributed by atoms with Crippen LogP contribution in [0, 0.1) is 5.41 Å². The number of carbonyl (C=O) groups is 3. The molecule has 0 bridgehead atoms. The van der Waals surface area contributed by atoms with Crippen LogP contribution in [0.25, 0.3) is 6.08 Å². The second kappa shape index (κ2) is 4.68. The Balaban J connectivity index is 2.24. The molecular formula is C14H14N2O3. The van der Waals surface area contributed by atoms with Gasteiger partial charge in [0, 0.05) is 0 Å². The number of nitrogens with one attached hydrogen (secondary N) is 2. The molecule has 0 atom stereocenters. The molecule has 0 unspecified atom stereocenters. The van der Waals surface area contributed by atoms with E-state index in [-0.39, 0.29) is 6.42 Å². The maximum Gasteiger partial charge on any atom is 0.328 e. The number of amides is 4. The summed E-state index contributed by atoms with van der Waals surface area (Å²) in [7, 11) is 0. The summed E-state index contributed by atoms with van der Waals surface area (Å²) in [6, 6.07) is 6.61. The molecule has 1 saturated heterocycles. The topological polar surface area (TPSA) is 75.3 Å². The largest absolute Gasteiger partial charge is 0.328 e. The second-order valence-corrected chi connectivity index (χ2v) is 4.69. The van der Waals surface area contributed by atoms with Crippen LogP contribution >= 0.6 is 0 Å². The fourth-order valence-electron chi connectivity index (χ4n) is 1.96. The van der Waals surface area contributed by atoms with Crippen LogP contribution in [0.15, 0.2) is 30.8 Å². The molecule has 1 aliphatic heterocycles. The van der Waals surface area contributed by atoms with Crippen LogP contribution in [0.3, 0.4) is 0 Å². The van der Waals surface area contributed by atoms with Gasteiger partial charge in [0.15, 0.2) is 0 Å². The Morgan fingerprint density at radius 3 is 2.11 bits per heavy atom. The molecule has 0 aliphatic carbocycles. The summed E-state index contributed by atoms with van der Waals surface area (Å²) >= 11 is 0. The summed E-state index contributed by atoms with van der Waals surface area (Å²) in [6.45, 7) is 5.18. The highest BCUT2D eigenvalue weighted by Gasteiger charge is 2.46. The van der Waals surface area contributed by atoms with Gasteiger partial charge in [-0.15, -0.1) is 0 Å². The third kappa shape index (κ3) is 2.40. The van der Waals surface area contributed by atoms with Crippen molar-refractivity contribution in [2.24, 2.45) is 5.41 Å². The monoisotopic (exact) mass is 258 g/mol. The van der Waals surface area contributed by atoms with Gasteiger partial charge in [-0.25, -0.2) is 4.79 Å². The van der Waals surface area contributed by atoms with Crippen LogP contribution in [-0.4, -0.2) is 17.8 Å². The molecule has 2 N–H and O–H groups in total. The summed E-state index contributed by atoms with van der Waals surface area (Å²) in [5.74, 6) is -1.15. The highest BCUT2D eigenvalue weighted by atomic mass is 16.2. The molecule has 19 heavy (non-hydrogen) atoms. The zero-order valence-corrected chi connectivity index (χ0v) is 10.5. The number of imide groups is 2. The molecule has 98 valence electrons. The van der Waals surface area contributed by atoms with Gasteiger partial charge in [-0.05, 0) is 24.5 Å². The fraction of sp³-hybridized carbons (Fsp3) is 0.214. The van der Waals surface area contributed by atoms with Gasteiger partial charge in [0.2, 0.25) is 11.8 Å². The Morgan fingerprint density at radius 1 is 1.11 bits per heavy atom. The van der Waals surface area contributed by atoms with E-state index < -0.39 is 23.3 Å². The van der Waals surface area contributed by atoms with Crippen molar-refractivity contribution in [3.05, 3.63) is 42.0 Å². The van der Waals surface area contributed by atoms with Gasteiger partial charge in [-0.1, -0.05) is 36.9 Å². The van der Waals surface area contributed by atoms with Crippen molar-refractivity contribution < 1.29 is 14.4 Å². The van der Waals surface area contributed by atoms with Crippen molar-refractivity contribution >= 4 is 23.9 Å². The lowest BCUT2D eigenvalue weighted by atomic mass is 9.80. The molecule has 2 rings (SSSR count). The predicted octanol–water partition coefficient (Wildman–Crippen LogP) is 1.24. The average Bonchev–Trinajstić information content (AvgIpc) is 2.37. The van der Waals surface area contributed by atoms with Crippen LogP contribution in [0.4, 0.5) is 4.79 Å². The van der Waals surface area contributed by atoms with Crippen LogP contribution in [0.2, 0.25) is 0 Å². The minimum absolute atomic E-state index is 0.232. The van der Waals surface area contributed by atoms with E-state index in [1.165, 1.54) is 6.92 Å². The number of rotatable bonds is 3. The van der Waals surface area contributed by atoms with Crippen LogP contribution in [0.1, 0.15) is 18.1 Å². The fourth-order valence-corrected chi connectivity index (χ4v) is 1.96. The molecule has 0 aromatic heterocycles. The lowest BCUT2D eigenvalue weighted by Gasteiger charge is -2.30. The number of benzene rings is 1. The Morgan fingerprint density at radius 2 is 1.63 bits per heavy atom. The average molecular weight is 258 g/mol. The van der Waals surface area contributed by atoms with Crippen molar-refractivity contribution in [1.29, 1.82) is 0 Å². The first-order valence-electron chi connectivity index (χ1n) is 5.84. The summed E-state index contributed by atoms with van der Waals surface area (Å²) in [6.07, 6.45) is 1.94. The van der Waals surface area contributed by atoms with E-state index in [0.717, 1.165) is 11.1 Å². The third-order valence-corrected chi connectivity index (χ3v) is 3.23. The number of hydrogen-bond donors (Lipinski definition) is 2. The SMILES string of the molecule is C=Cc1ccc(CC2(C)C(=O)NC(=O)NC2=O)cc1. The zero-order valence-electron chi connectivity index (χ0n) is 10.5. The maximum atomic E-state index is 11.9. The number of urea groups is 1. The van der Waals surface area contributed by atoms with Crippen molar-refractivity contribution in [2.45, 2.75) is 13.3 Å². The minimum atomic E-state index is -1.27. The second-order valence-electron chi connectivity index (χ2n) is 4.69. The summed E-state index contributed by atoms with van der Waals surface area (Å²) < 4.78 is 0. The lowest BCUT2D eigenvalue weighted by molar-refractivity contribution is -0.143. The number of hydrogen-bond acceptors (Lipinski definition) is 3. The predicted molar refractivity (Wildman–Crippen MR) is 70.0 cm³/mol. The normalized spacial score (nSPS) is 17.6. The molecule has 1 aromatic carbocycles. The van der Waals surface area contributed by atoms with Crippen LogP contribution in [0.5, 0.6) is 0 Å². The van der Waals surface area contributed by atoms with Gasteiger partial charge in [-0.2, -0.15) is 0 Å². The van der Waals surface area contributed by atoms with Gasteiger partial charge in [0.1, 0.15) is 5.41 Å². The molecule has 0 radical (unpaired) electrons. The maximum absolute atomic E-state index is 11.9. The molecule has 4 amide bonds. The summed E-state index contributed by atoms with van der Waals surface area (Å²) in [5.41, 5.74) is 0.526. The van der Waals surface area contributed by atoms with Crippen molar-refractivity contribution in [1.82, 2.24) is 10.6 Å². The van der Waals surface area contributed by atoms with Gasteiger partial charge in [-0.3, -0.25) is 20.2 Å². The lowest BCUT2D eigenvalue weighted by Crippen LogP contribution is -2.62. The van der Waals surface area contributed by atoms with E-state index in [2.05, 4.69) is 17.2 Å². The molecule has 0 spiro atoms. The first-order chi connectivity index (χ1) is 8.95. The zero-order chi connectivity index (χ0) is 14.0. The van der Waals surface area contributed by atoms with Gasteiger partial charge in [0.25, 0.3) is 0 Å².